The zero-order valence-corrected chi connectivity index (χ0v) is 18.7. The maximum absolute atomic E-state index is 12.7. The molecule has 5 heteroatoms. The van der Waals surface area contributed by atoms with Crippen molar-refractivity contribution in [2.75, 3.05) is 0 Å². The van der Waals surface area contributed by atoms with Gasteiger partial charge in [0.2, 0.25) is 6.33 Å². The number of carbonyl (C=O) groups excluding carboxylic acids is 1. The first-order valence-electron chi connectivity index (χ1n) is 9.56. The summed E-state index contributed by atoms with van der Waals surface area (Å²) < 4.78 is 4.21. The molecule has 1 heterocycles. The quantitative estimate of drug-likeness (QED) is 0.309. The number of para-hydroxylation sites is 2. The van der Waals surface area contributed by atoms with Gasteiger partial charge in [-0.1, -0.05) is 72.8 Å². The van der Waals surface area contributed by atoms with E-state index in [9.17, 15) is 4.79 Å². The van der Waals surface area contributed by atoms with Crippen LogP contribution in [0.4, 0.5) is 0 Å². The van der Waals surface area contributed by atoms with Gasteiger partial charge in [-0.25, -0.2) is 9.13 Å². The highest BCUT2D eigenvalue weighted by Gasteiger charge is 2.19. The van der Waals surface area contributed by atoms with Crippen LogP contribution in [-0.2, 0) is 17.9 Å². The number of fused-ring (bicyclic) bond motifs is 1. The Bertz CT molecular complexity index is 1080. The minimum Gasteiger partial charge on any atom is -0.346 e. The van der Waals surface area contributed by atoms with E-state index in [0.29, 0.717) is 6.54 Å². The second-order valence-corrected chi connectivity index (χ2v) is 7.05. The van der Waals surface area contributed by atoms with Crippen LogP contribution in [0.3, 0.4) is 0 Å². The second kappa shape index (κ2) is 9.69. The zero-order chi connectivity index (χ0) is 19.3. The van der Waals surface area contributed by atoms with Crippen molar-refractivity contribution in [1.29, 1.82) is 0 Å². The van der Waals surface area contributed by atoms with Crippen LogP contribution < -0.4 is 9.88 Å². The van der Waals surface area contributed by atoms with Gasteiger partial charge >= 0.3 is 0 Å². The standard InChI is InChI=1S/C24H23N3O.HI/c1-19(21-12-6-3-7-13-21)25-24(28)17-27-18-26(16-20-10-4-2-5-11-20)22-14-8-9-15-23(22)27;/h2-15,18-19H,16-17H2,1H3;1H/p+1. The molecule has 0 saturated carbocycles. The number of amides is 1. The molecule has 3 aromatic carbocycles. The molecule has 4 aromatic rings. The van der Waals surface area contributed by atoms with E-state index in [2.05, 4.69) is 34.1 Å². The summed E-state index contributed by atoms with van der Waals surface area (Å²) >= 11 is 0. The molecule has 0 fully saturated rings. The van der Waals surface area contributed by atoms with Gasteiger partial charge in [0.1, 0.15) is 6.54 Å². The highest BCUT2D eigenvalue weighted by Crippen LogP contribution is 2.14. The molecule has 1 atom stereocenters. The maximum Gasteiger partial charge on any atom is 0.262 e. The highest BCUT2D eigenvalue weighted by atomic mass is 127. The number of aromatic nitrogens is 2. The molecule has 1 amide bonds. The Balaban J connectivity index is 0.00000240. The number of nitrogens with zero attached hydrogens (tertiary/aromatic N) is 2. The van der Waals surface area contributed by atoms with Crippen LogP contribution in [0.15, 0.2) is 91.3 Å². The van der Waals surface area contributed by atoms with E-state index in [-0.39, 0.29) is 35.9 Å². The van der Waals surface area contributed by atoms with E-state index < -0.39 is 0 Å². The molecular formula is C24H25IN3O+. The normalized spacial score (nSPS) is 11.6. The SMILES string of the molecule is CC(NC(=O)Cn1c[n+](Cc2ccccc2)c2ccccc21)c1ccccc1.I. The fraction of sp³-hybridized carbons (Fsp3) is 0.167. The predicted octanol–water partition coefficient (Wildman–Crippen LogP) is 4.47. The lowest BCUT2D eigenvalue weighted by molar-refractivity contribution is -0.663. The summed E-state index contributed by atoms with van der Waals surface area (Å²) in [5, 5.41) is 3.10. The number of hydrogen-bond acceptors (Lipinski definition) is 1. The Hall–Kier alpha value is -2.67. The number of nitrogens with one attached hydrogen (secondary N) is 1. The highest BCUT2D eigenvalue weighted by molar-refractivity contribution is 14.0. The molecule has 4 rings (SSSR count). The van der Waals surface area contributed by atoms with Crippen molar-refractivity contribution in [2.45, 2.75) is 26.1 Å². The van der Waals surface area contributed by atoms with E-state index in [1.807, 2.05) is 78.5 Å². The van der Waals surface area contributed by atoms with E-state index in [1.165, 1.54) is 5.56 Å². The first-order valence-corrected chi connectivity index (χ1v) is 9.56. The third-order valence-electron chi connectivity index (χ3n) is 4.97. The van der Waals surface area contributed by atoms with Crippen molar-refractivity contribution in [2.24, 2.45) is 0 Å². The van der Waals surface area contributed by atoms with Crippen LogP contribution in [0, 0.1) is 0 Å². The first-order chi connectivity index (χ1) is 13.7. The Labute approximate surface area is 188 Å². The lowest BCUT2D eigenvalue weighted by atomic mass is 10.1. The molecule has 0 radical (unpaired) electrons. The van der Waals surface area contributed by atoms with E-state index in [0.717, 1.165) is 23.1 Å². The molecule has 29 heavy (non-hydrogen) atoms. The smallest absolute Gasteiger partial charge is 0.262 e. The average molecular weight is 498 g/mol. The number of halogens is 1. The summed E-state index contributed by atoms with van der Waals surface area (Å²) in [6.07, 6.45) is 2.03. The van der Waals surface area contributed by atoms with Crippen LogP contribution in [-0.4, -0.2) is 10.5 Å². The predicted molar refractivity (Wildman–Crippen MR) is 126 cm³/mol. The molecule has 0 aliphatic heterocycles. The summed E-state index contributed by atoms with van der Waals surface area (Å²) in [4.78, 5) is 12.7. The zero-order valence-electron chi connectivity index (χ0n) is 16.4. The van der Waals surface area contributed by atoms with Gasteiger partial charge in [0.25, 0.3) is 5.91 Å². The van der Waals surface area contributed by atoms with Crippen LogP contribution in [0.2, 0.25) is 0 Å². The Morgan fingerprint density at radius 1 is 0.931 bits per heavy atom. The van der Waals surface area contributed by atoms with Gasteiger partial charge in [-0.3, -0.25) is 4.79 Å². The fourth-order valence-electron chi connectivity index (χ4n) is 3.54. The van der Waals surface area contributed by atoms with Gasteiger partial charge in [0, 0.05) is 0 Å². The lowest BCUT2D eigenvalue weighted by Crippen LogP contribution is -2.34. The van der Waals surface area contributed by atoms with Gasteiger partial charge in [-0.05, 0) is 30.2 Å². The van der Waals surface area contributed by atoms with Crippen molar-refractivity contribution in [3.8, 4) is 0 Å². The monoisotopic (exact) mass is 498 g/mol. The van der Waals surface area contributed by atoms with Crippen LogP contribution in [0.25, 0.3) is 11.0 Å². The van der Waals surface area contributed by atoms with Gasteiger partial charge in [0.15, 0.2) is 17.6 Å². The van der Waals surface area contributed by atoms with Gasteiger partial charge in [0.05, 0.1) is 6.04 Å². The third-order valence-corrected chi connectivity index (χ3v) is 4.97. The van der Waals surface area contributed by atoms with Crippen LogP contribution in [0.1, 0.15) is 24.1 Å². The molecule has 4 nitrogen and oxygen atoms in total. The summed E-state index contributed by atoms with van der Waals surface area (Å²) in [7, 11) is 0. The molecule has 1 aromatic heterocycles. The topological polar surface area (TPSA) is 37.9 Å². The fourth-order valence-corrected chi connectivity index (χ4v) is 3.54. The Morgan fingerprint density at radius 2 is 1.55 bits per heavy atom. The molecule has 0 bridgehead atoms. The Kier molecular flexibility index (Phi) is 7.04. The van der Waals surface area contributed by atoms with Gasteiger partial charge < -0.3 is 5.32 Å². The summed E-state index contributed by atoms with van der Waals surface area (Å²) in [5.41, 5.74) is 4.51. The summed E-state index contributed by atoms with van der Waals surface area (Å²) in [6.45, 7) is 3.08. The van der Waals surface area contributed by atoms with Crippen molar-refractivity contribution in [3.05, 3.63) is 102 Å². The van der Waals surface area contributed by atoms with Gasteiger partial charge in [-0.2, -0.15) is 0 Å². The molecule has 148 valence electrons. The molecule has 0 saturated heterocycles. The largest absolute Gasteiger partial charge is 0.346 e. The molecule has 0 aliphatic carbocycles. The third kappa shape index (κ3) is 5.03. The van der Waals surface area contributed by atoms with E-state index in [1.54, 1.807) is 0 Å². The summed E-state index contributed by atoms with van der Waals surface area (Å²) in [5.74, 6) is 0.00367. The number of hydrogen-bond donors (Lipinski definition) is 1. The number of rotatable bonds is 6. The lowest BCUT2D eigenvalue weighted by Gasteiger charge is -2.13. The van der Waals surface area contributed by atoms with E-state index >= 15 is 0 Å². The van der Waals surface area contributed by atoms with Gasteiger partial charge in [-0.15, -0.1) is 24.0 Å². The Morgan fingerprint density at radius 3 is 2.28 bits per heavy atom. The minimum atomic E-state index is -0.0213. The van der Waals surface area contributed by atoms with Crippen LogP contribution in [0.5, 0.6) is 0 Å². The average Bonchev–Trinajstić information content (AvgIpc) is 3.06. The molecule has 0 aliphatic rings. The van der Waals surface area contributed by atoms with Crippen molar-refractivity contribution >= 4 is 40.9 Å². The number of carbonyl (C=O) groups is 1. The van der Waals surface area contributed by atoms with Crippen molar-refractivity contribution in [1.82, 2.24) is 9.88 Å². The second-order valence-electron chi connectivity index (χ2n) is 7.05. The molecule has 1 unspecified atom stereocenters. The maximum atomic E-state index is 12.7. The summed E-state index contributed by atoms with van der Waals surface area (Å²) in [6, 6.07) is 28.6. The molecular weight excluding hydrogens is 473 g/mol. The van der Waals surface area contributed by atoms with Crippen LogP contribution >= 0.6 is 24.0 Å². The molecule has 0 spiro atoms. The number of imidazole rings is 1. The van der Waals surface area contributed by atoms with E-state index in [4.69, 9.17) is 0 Å². The first kappa shape index (κ1) is 21.0. The minimum absolute atomic E-state index is 0. The molecule has 1 N–H and O–H groups in total. The van der Waals surface area contributed by atoms with Crippen molar-refractivity contribution in [3.63, 3.8) is 0 Å². The number of benzene rings is 3. The van der Waals surface area contributed by atoms with Crippen molar-refractivity contribution < 1.29 is 9.36 Å².